The van der Waals surface area contributed by atoms with Crippen molar-refractivity contribution in [3.8, 4) is 0 Å². The first-order valence-electron chi connectivity index (χ1n) is 7.15. The van der Waals surface area contributed by atoms with Gasteiger partial charge in [0.2, 0.25) is 6.17 Å². The smallest absolute Gasteiger partial charge is 0.341 e. The Morgan fingerprint density at radius 3 is 1.56 bits per heavy atom. The minimum Gasteiger partial charge on any atom is -0.479 e. The first kappa shape index (κ1) is 15.4. The maximum atomic E-state index is 13.7. The normalized spacial score (nSPS) is 24.6. The van der Waals surface area contributed by atoms with Crippen molar-refractivity contribution in [1.82, 2.24) is 0 Å². The molecule has 0 amide bonds. The summed E-state index contributed by atoms with van der Waals surface area (Å²) in [7, 11) is 0. The van der Waals surface area contributed by atoms with E-state index in [2.05, 4.69) is 0 Å². The van der Waals surface area contributed by atoms with E-state index in [4.69, 9.17) is 5.11 Å². The van der Waals surface area contributed by atoms with Crippen molar-refractivity contribution in [3.05, 3.63) is 0 Å². The molecule has 1 rings (SSSR count). The highest BCUT2D eigenvalue weighted by atomic mass is 19.1. The highest BCUT2D eigenvalue weighted by Gasteiger charge is 2.41. The van der Waals surface area contributed by atoms with Crippen LogP contribution in [0.3, 0.4) is 0 Å². The second kappa shape index (κ2) is 7.72. The van der Waals surface area contributed by atoms with Crippen LogP contribution in [-0.4, -0.2) is 28.0 Å². The Balaban J connectivity index is 2.57. The third-order valence-electron chi connectivity index (χ3n) is 3.91. The van der Waals surface area contributed by atoms with Gasteiger partial charge in [0.15, 0.2) is 0 Å². The van der Waals surface area contributed by atoms with E-state index in [1.165, 1.54) is 19.3 Å². The van der Waals surface area contributed by atoms with Gasteiger partial charge >= 0.3 is 5.97 Å². The van der Waals surface area contributed by atoms with Crippen molar-refractivity contribution >= 4 is 5.97 Å². The van der Waals surface area contributed by atoms with Gasteiger partial charge in [-0.05, 0) is 12.8 Å². The quantitative estimate of drug-likeness (QED) is 0.799. The SMILES string of the molecule is O=C(O)C(F)C1(O)CCCCCCCCCCC1. The van der Waals surface area contributed by atoms with E-state index in [9.17, 15) is 14.3 Å². The Morgan fingerprint density at radius 2 is 1.22 bits per heavy atom. The van der Waals surface area contributed by atoms with Gasteiger partial charge in [-0.25, -0.2) is 9.18 Å². The molecule has 18 heavy (non-hydrogen) atoms. The molecule has 0 heterocycles. The zero-order valence-electron chi connectivity index (χ0n) is 11.0. The fourth-order valence-corrected chi connectivity index (χ4v) is 2.71. The molecule has 4 heteroatoms. The van der Waals surface area contributed by atoms with Crippen molar-refractivity contribution in [2.45, 2.75) is 82.4 Å². The molecule has 3 nitrogen and oxygen atoms in total. The molecule has 1 unspecified atom stereocenters. The minimum atomic E-state index is -2.15. The van der Waals surface area contributed by atoms with Gasteiger partial charge < -0.3 is 10.2 Å². The Labute approximate surface area is 108 Å². The maximum Gasteiger partial charge on any atom is 0.341 e. The Bertz CT molecular complexity index is 243. The molecular weight excluding hydrogens is 235 g/mol. The average molecular weight is 260 g/mol. The molecule has 1 saturated carbocycles. The van der Waals surface area contributed by atoms with Crippen LogP contribution in [0.1, 0.15) is 70.6 Å². The highest BCUT2D eigenvalue weighted by Crippen LogP contribution is 2.29. The predicted octanol–water partition coefficient (Wildman–Crippen LogP) is 3.44. The third-order valence-corrected chi connectivity index (χ3v) is 3.91. The number of carbonyl (C=O) groups is 1. The van der Waals surface area contributed by atoms with Gasteiger partial charge in [0, 0.05) is 0 Å². The number of alkyl halides is 1. The van der Waals surface area contributed by atoms with Crippen LogP contribution < -0.4 is 0 Å². The molecule has 1 aliphatic rings. The third kappa shape index (κ3) is 4.92. The molecule has 0 spiro atoms. The van der Waals surface area contributed by atoms with Crippen LogP contribution in [-0.2, 0) is 4.79 Å². The molecule has 0 aliphatic heterocycles. The number of hydrogen-bond acceptors (Lipinski definition) is 2. The van der Waals surface area contributed by atoms with Crippen LogP contribution in [0.2, 0.25) is 0 Å². The number of carboxylic acid groups (broad SMARTS) is 1. The van der Waals surface area contributed by atoms with E-state index in [1.54, 1.807) is 0 Å². The lowest BCUT2D eigenvalue weighted by molar-refractivity contribution is -0.156. The molecule has 0 aromatic heterocycles. The largest absolute Gasteiger partial charge is 0.479 e. The fraction of sp³-hybridized carbons (Fsp3) is 0.929. The summed E-state index contributed by atoms with van der Waals surface area (Å²) in [4.78, 5) is 10.7. The summed E-state index contributed by atoms with van der Waals surface area (Å²) >= 11 is 0. The number of halogens is 1. The average Bonchev–Trinajstić information content (AvgIpc) is 2.32. The Morgan fingerprint density at radius 1 is 0.889 bits per heavy atom. The predicted molar refractivity (Wildman–Crippen MR) is 68.3 cm³/mol. The first-order chi connectivity index (χ1) is 8.56. The molecule has 1 aliphatic carbocycles. The van der Waals surface area contributed by atoms with Gasteiger partial charge in [0.1, 0.15) is 5.60 Å². The van der Waals surface area contributed by atoms with Gasteiger partial charge in [-0.3, -0.25) is 0 Å². The first-order valence-corrected chi connectivity index (χ1v) is 7.15. The fourth-order valence-electron chi connectivity index (χ4n) is 2.71. The van der Waals surface area contributed by atoms with Crippen LogP contribution >= 0.6 is 0 Å². The van der Waals surface area contributed by atoms with E-state index in [0.717, 1.165) is 25.7 Å². The second-order valence-corrected chi connectivity index (χ2v) is 5.49. The van der Waals surface area contributed by atoms with E-state index < -0.39 is 17.7 Å². The van der Waals surface area contributed by atoms with Crippen molar-refractivity contribution in [3.63, 3.8) is 0 Å². The second-order valence-electron chi connectivity index (χ2n) is 5.49. The molecule has 0 aromatic carbocycles. The molecule has 106 valence electrons. The topological polar surface area (TPSA) is 57.5 Å². The lowest BCUT2D eigenvalue weighted by Crippen LogP contribution is -2.44. The maximum absolute atomic E-state index is 13.7. The number of rotatable bonds is 2. The van der Waals surface area contributed by atoms with Crippen LogP contribution in [0.15, 0.2) is 0 Å². The number of carboxylic acids is 1. The number of aliphatic carboxylic acids is 1. The van der Waals surface area contributed by atoms with E-state index in [1.807, 2.05) is 0 Å². The lowest BCUT2D eigenvalue weighted by atomic mass is 9.85. The highest BCUT2D eigenvalue weighted by molar-refractivity contribution is 5.73. The zero-order chi connectivity index (χ0) is 13.4. The number of aliphatic hydroxyl groups is 1. The Kier molecular flexibility index (Phi) is 6.61. The van der Waals surface area contributed by atoms with Gasteiger partial charge in [-0.15, -0.1) is 0 Å². The van der Waals surface area contributed by atoms with Crippen LogP contribution in [0.25, 0.3) is 0 Å². The van der Waals surface area contributed by atoms with Crippen molar-refractivity contribution < 1.29 is 19.4 Å². The molecular formula is C14H25FO3. The zero-order valence-corrected chi connectivity index (χ0v) is 11.0. The van der Waals surface area contributed by atoms with E-state index in [0.29, 0.717) is 12.8 Å². The van der Waals surface area contributed by atoms with Gasteiger partial charge in [-0.2, -0.15) is 0 Å². The monoisotopic (exact) mass is 260 g/mol. The van der Waals surface area contributed by atoms with Crippen LogP contribution in [0.4, 0.5) is 4.39 Å². The molecule has 0 saturated heterocycles. The van der Waals surface area contributed by atoms with E-state index >= 15 is 0 Å². The van der Waals surface area contributed by atoms with Crippen LogP contribution in [0, 0.1) is 0 Å². The van der Waals surface area contributed by atoms with Crippen molar-refractivity contribution in [2.75, 3.05) is 0 Å². The van der Waals surface area contributed by atoms with Crippen LogP contribution in [0.5, 0.6) is 0 Å². The molecule has 2 N–H and O–H groups in total. The van der Waals surface area contributed by atoms with Crippen molar-refractivity contribution in [1.29, 1.82) is 0 Å². The van der Waals surface area contributed by atoms with Gasteiger partial charge in [0.25, 0.3) is 0 Å². The molecule has 0 bridgehead atoms. The number of hydrogen-bond donors (Lipinski definition) is 2. The van der Waals surface area contributed by atoms with Gasteiger partial charge in [0.05, 0.1) is 0 Å². The molecule has 1 fully saturated rings. The minimum absolute atomic E-state index is 0.264. The molecule has 0 aromatic rings. The summed E-state index contributed by atoms with van der Waals surface area (Å²) in [5, 5.41) is 19.0. The summed E-state index contributed by atoms with van der Waals surface area (Å²) in [5.74, 6) is -1.54. The molecule has 0 radical (unpaired) electrons. The van der Waals surface area contributed by atoms with E-state index in [-0.39, 0.29) is 12.8 Å². The van der Waals surface area contributed by atoms with Gasteiger partial charge in [-0.1, -0.05) is 57.8 Å². The summed E-state index contributed by atoms with van der Waals surface area (Å²) in [6.07, 6.45) is 7.54. The lowest BCUT2D eigenvalue weighted by Gasteiger charge is -2.29. The van der Waals surface area contributed by atoms with Crippen molar-refractivity contribution in [2.24, 2.45) is 0 Å². The molecule has 1 atom stereocenters. The summed E-state index contributed by atoms with van der Waals surface area (Å²) in [6, 6.07) is 0. The summed E-state index contributed by atoms with van der Waals surface area (Å²) < 4.78 is 13.7. The standard InChI is InChI=1S/C14H25FO3/c15-12(13(16)17)14(18)10-8-6-4-2-1-3-5-7-9-11-14/h12,18H,1-11H2,(H,16,17). The summed E-state index contributed by atoms with van der Waals surface area (Å²) in [5.41, 5.74) is -1.66. The Hall–Kier alpha value is -0.640. The summed E-state index contributed by atoms with van der Waals surface area (Å²) in [6.45, 7) is 0.